The highest BCUT2D eigenvalue weighted by Gasteiger charge is 2.05. The van der Waals surface area contributed by atoms with Gasteiger partial charge in [-0.15, -0.1) is 0 Å². The normalized spacial score (nSPS) is 10.5. The van der Waals surface area contributed by atoms with Crippen molar-refractivity contribution in [2.75, 3.05) is 27.7 Å². The van der Waals surface area contributed by atoms with Gasteiger partial charge in [-0.25, -0.2) is 0 Å². The van der Waals surface area contributed by atoms with Gasteiger partial charge in [-0.2, -0.15) is 0 Å². The van der Waals surface area contributed by atoms with E-state index in [9.17, 15) is 4.79 Å². The van der Waals surface area contributed by atoms with Gasteiger partial charge in [0.1, 0.15) is 5.78 Å². The second kappa shape index (κ2) is 5.56. The van der Waals surface area contributed by atoms with Gasteiger partial charge in [0.25, 0.3) is 0 Å². The highest BCUT2D eigenvalue weighted by atomic mass is 35.5. The molecule has 11 heavy (non-hydrogen) atoms. The Morgan fingerprint density at radius 1 is 1.27 bits per heavy atom. The van der Waals surface area contributed by atoms with Crippen LogP contribution in [-0.2, 0) is 4.79 Å². The second-order valence-electron chi connectivity index (χ2n) is 3.82. The molecule has 0 aliphatic carbocycles. The summed E-state index contributed by atoms with van der Waals surface area (Å²) in [7, 11) is 6.42. The molecule has 0 bridgehead atoms. The van der Waals surface area contributed by atoms with Crippen molar-refractivity contribution in [3.05, 3.63) is 0 Å². The molecule has 0 fully saturated rings. The third-order valence-electron chi connectivity index (χ3n) is 1.36. The summed E-state index contributed by atoms with van der Waals surface area (Å²) in [6.07, 6.45) is 1.74. The third-order valence-corrected chi connectivity index (χ3v) is 1.36. The number of rotatable bonds is 4. The lowest BCUT2D eigenvalue weighted by molar-refractivity contribution is -0.870. The van der Waals surface area contributed by atoms with Crippen molar-refractivity contribution in [3.63, 3.8) is 0 Å². The number of hydrogen-bond donors (Lipinski definition) is 0. The first-order chi connectivity index (χ1) is 4.42. The summed E-state index contributed by atoms with van der Waals surface area (Å²) < 4.78 is 0.952. The summed E-state index contributed by atoms with van der Waals surface area (Å²) in [5.74, 6) is 0.299. The summed E-state index contributed by atoms with van der Waals surface area (Å²) in [6.45, 7) is 2.73. The number of carbonyl (C=O) groups excluding carboxylic acids is 1. The Labute approximate surface area is 75.6 Å². The third kappa shape index (κ3) is 13.0. The van der Waals surface area contributed by atoms with Crippen LogP contribution in [0.1, 0.15) is 19.8 Å². The van der Waals surface area contributed by atoms with E-state index >= 15 is 0 Å². The number of hydrogen-bond acceptors (Lipinski definition) is 1. The Morgan fingerprint density at radius 3 is 2.00 bits per heavy atom. The summed E-state index contributed by atoms with van der Waals surface area (Å²) >= 11 is 0. The maximum Gasteiger partial charge on any atom is 0.130 e. The molecule has 0 atom stereocenters. The number of Topliss-reactive ketones (excluding diaryl/α,β-unsaturated/α-hetero) is 1. The monoisotopic (exact) mass is 179 g/mol. The fourth-order valence-electron chi connectivity index (χ4n) is 0.802. The molecule has 0 aromatic heterocycles. The van der Waals surface area contributed by atoms with E-state index in [0.717, 1.165) is 23.9 Å². The van der Waals surface area contributed by atoms with Crippen molar-refractivity contribution in [3.8, 4) is 0 Å². The summed E-state index contributed by atoms with van der Waals surface area (Å²) in [5, 5.41) is 0. The van der Waals surface area contributed by atoms with Gasteiger partial charge >= 0.3 is 0 Å². The van der Waals surface area contributed by atoms with Crippen molar-refractivity contribution < 1.29 is 21.7 Å². The zero-order valence-corrected chi connectivity index (χ0v) is 8.61. The van der Waals surface area contributed by atoms with E-state index in [2.05, 4.69) is 21.1 Å². The maximum absolute atomic E-state index is 10.5. The highest BCUT2D eigenvalue weighted by molar-refractivity contribution is 5.75. The van der Waals surface area contributed by atoms with Gasteiger partial charge in [-0.05, 0) is 6.92 Å². The van der Waals surface area contributed by atoms with E-state index in [1.54, 1.807) is 6.92 Å². The first-order valence-corrected chi connectivity index (χ1v) is 3.72. The summed E-state index contributed by atoms with van der Waals surface area (Å²) in [6, 6.07) is 0. The fraction of sp³-hybridized carbons (Fsp3) is 0.875. The lowest BCUT2D eigenvalue weighted by Gasteiger charge is -2.23. The lowest BCUT2D eigenvalue weighted by Crippen LogP contribution is -3.00. The first kappa shape index (κ1) is 13.5. The van der Waals surface area contributed by atoms with Crippen molar-refractivity contribution in [2.24, 2.45) is 0 Å². The molecule has 0 aromatic carbocycles. The molecule has 0 saturated carbocycles. The van der Waals surface area contributed by atoms with Crippen LogP contribution in [0.5, 0.6) is 0 Å². The molecule has 3 heteroatoms. The quantitative estimate of drug-likeness (QED) is 0.460. The molecule has 0 aliphatic rings. The molecule has 0 aromatic rings. The van der Waals surface area contributed by atoms with E-state index in [1.807, 2.05) is 0 Å². The van der Waals surface area contributed by atoms with E-state index in [-0.39, 0.29) is 12.4 Å². The first-order valence-electron chi connectivity index (χ1n) is 3.72. The van der Waals surface area contributed by atoms with Gasteiger partial charge in [0.2, 0.25) is 0 Å². The van der Waals surface area contributed by atoms with Crippen LogP contribution in [-0.4, -0.2) is 38.0 Å². The minimum atomic E-state index is 0. The Kier molecular flexibility index (Phi) is 6.82. The van der Waals surface area contributed by atoms with Crippen molar-refractivity contribution in [1.82, 2.24) is 0 Å². The van der Waals surface area contributed by atoms with Crippen LogP contribution < -0.4 is 12.4 Å². The SMILES string of the molecule is CC(=O)CCC[N+](C)(C)C.[Cl-]. The van der Waals surface area contributed by atoms with Crippen LogP contribution in [0, 0.1) is 0 Å². The van der Waals surface area contributed by atoms with Gasteiger partial charge in [0.05, 0.1) is 27.7 Å². The van der Waals surface area contributed by atoms with Gasteiger partial charge < -0.3 is 21.7 Å². The largest absolute Gasteiger partial charge is 1.00 e. The van der Waals surface area contributed by atoms with E-state index in [0.29, 0.717) is 5.78 Å². The van der Waals surface area contributed by atoms with Crippen molar-refractivity contribution in [2.45, 2.75) is 19.8 Å². The van der Waals surface area contributed by atoms with Gasteiger partial charge in [0.15, 0.2) is 0 Å². The van der Waals surface area contributed by atoms with E-state index < -0.39 is 0 Å². The Bertz CT molecular complexity index is 118. The molecule has 0 aliphatic heterocycles. The number of halogens is 1. The highest BCUT2D eigenvalue weighted by Crippen LogP contribution is 1.97. The Hall–Kier alpha value is -0.0800. The Morgan fingerprint density at radius 2 is 1.73 bits per heavy atom. The fourth-order valence-corrected chi connectivity index (χ4v) is 0.802. The molecule has 0 radical (unpaired) electrons. The van der Waals surface area contributed by atoms with Crippen molar-refractivity contribution in [1.29, 1.82) is 0 Å². The minimum Gasteiger partial charge on any atom is -1.00 e. The van der Waals surface area contributed by atoms with Crippen LogP contribution in [0.4, 0.5) is 0 Å². The average molecular weight is 180 g/mol. The van der Waals surface area contributed by atoms with Gasteiger partial charge in [-0.3, -0.25) is 0 Å². The zero-order chi connectivity index (χ0) is 8.20. The molecular weight excluding hydrogens is 162 g/mol. The molecule has 0 saturated heterocycles. The molecule has 0 spiro atoms. The maximum atomic E-state index is 10.5. The van der Waals surface area contributed by atoms with E-state index in [4.69, 9.17) is 0 Å². The van der Waals surface area contributed by atoms with Crippen molar-refractivity contribution >= 4 is 5.78 Å². The zero-order valence-electron chi connectivity index (χ0n) is 7.85. The number of nitrogens with zero attached hydrogens (tertiary/aromatic N) is 1. The van der Waals surface area contributed by atoms with E-state index in [1.165, 1.54) is 0 Å². The number of ketones is 1. The number of quaternary nitrogens is 1. The molecule has 0 amide bonds. The summed E-state index contributed by atoms with van der Waals surface area (Å²) in [4.78, 5) is 10.5. The van der Waals surface area contributed by atoms with Gasteiger partial charge in [-0.1, -0.05) is 0 Å². The van der Waals surface area contributed by atoms with Crippen LogP contribution in [0.2, 0.25) is 0 Å². The second-order valence-corrected chi connectivity index (χ2v) is 3.82. The smallest absolute Gasteiger partial charge is 0.130 e. The molecular formula is C8H18ClNO. The Balaban J connectivity index is 0. The van der Waals surface area contributed by atoms with Crippen LogP contribution in [0.3, 0.4) is 0 Å². The molecule has 68 valence electrons. The standard InChI is InChI=1S/C8H18NO.ClH/c1-8(10)6-5-7-9(2,3)4;/h5-7H2,1-4H3;1H/q+1;/p-1. The van der Waals surface area contributed by atoms with Crippen LogP contribution in [0.15, 0.2) is 0 Å². The molecule has 0 N–H and O–H groups in total. The predicted octanol–water partition coefficient (Wildman–Crippen LogP) is -1.93. The van der Waals surface area contributed by atoms with Crippen LogP contribution in [0.25, 0.3) is 0 Å². The predicted molar refractivity (Wildman–Crippen MR) is 42.8 cm³/mol. The topological polar surface area (TPSA) is 17.1 Å². The molecule has 0 unspecified atom stereocenters. The summed E-state index contributed by atoms with van der Waals surface area (Å²) in [5.41, 5.74) is 0. The lowest BCUT2D eigenvalue weighted by atomic mass is 10.2. The number of carbonyl (C=O) groups is 1. The molecule has 0 heterocycles. The average Bonchev–Trinajstić information content (AvgIpc) is 1.59. The van der Waals surface area contributed by atoms with Crippen LogP contribution >= 0.6 is 0 Å². The molecule has 0 rings (SSSR count). The van der Waals surface area contributed by atoms with Gasteiger partial charge in [0, 0.05) is 12.8 Å². The molecule has 2 nitrogen and oxygen atoms in total. The minimum absolute atomic E-state index is 0.